The van der Waals surface area contributed by atoms with Crippen molar-refractivity contribution in [2.24, 2.45) is 0 Å². The highest BCUT2D eigenvalue weighted by atomic mass is 32.1. The van der Waals surface area contributed by atoms with E-state index in [0.29, 0.717) is 37.1 Å². The lowest BCUT2D eigenvalue weighted by Gasteiger charge is -2.30. The molecular formula is C33H29F4N9O3S. The second-order valence-electron chi connectivity index (χ2n) is 13.4. The highest BCUT2D eigenvalue weighted by Gasteiger charge is 2.49. The fourth-order valence-electron chi connectivity index (χ4n) is 7.79. The van der Waals surface area contributed by atoms with Crippen molar-refractivity contribution < 1.29 is 27.1 Å². The first-order valence-electron chi connectivity index (χ1n) is 16.3. The summed E-state index contributed by atoms with van der Waals surface area (Å²) in [6.07, 6.45) is 3.61. The van der Waals surface area contributed by atoms with E-state index < -0.39 is 40.6 Å². The average Bonchev–Trinajstić information content (AvgIpc) is 3.36. The molecule has 0 spiro atoms. The number of amides is 1. The Kier molecular flexibility index (Phi) is 6.88. The number of rotatable bonds is 7. The van der Waals surface area contributed by atoms with Gasteiger partial charge in [0.2, 0.25) is 0 Å². The Hall–Kier alpha value is -4.90. The van der Waals surface area contributed by atoms with Crippen LogP contribution in [0.2, 0.25) is 0 Å². The number of fused-ring (bicyclic) bond motifs is 4. The summed E-state index contributed by atoms with van der Waals surface area (Å²) in [4.78, 5) is 43.4. The van der Waals surface area contributed by atoms with Gasteiger partial charge in [0.15, 0.2) is 22.6 Å². The molecule has 17 heteroatoms. The fourth-order valence-corrected chi connectivity index (χ4v) is 8.56. The lowest BCUT2D eigenvalue weighted by atomic mass is 9.95. The summed E-state index contributed by atoms with van der Waals surface area (Å²) < 4.78 is 69.2. The van der Waals surface area contributed by atoms with Gasteiger partial charge in [-0.25, -0.2) is 27.2 Å². The third-order valence-electron chi connectivity index (χ3n) is 10.2. The van der Waals surface area contributed by atoms with Crippen LogP contribution in [0.5, 0.6) is 6.01 Å². The molecule has 1 amide bonds. The number of alkyl halides is 1. The molecular weight excluding hydrogens is 678 g/mol. The van der Waals surface area contributed by atoms with Crippen LogP contribution < -0.4 is 16.0 Å². The number of ether oxygens (including phenoxy) is 1. The zero-order chi connectivity index (χ0) is 34.6. The number of halogens is 4. The van der Waals surface area contributed by atoms with Crippen LogP contribution in [-0.2, 0) is 17.9 Å². The lowest BCUT2D eigenvalue weighted by molar-refractivity contribution is -0.129. The summed E-state index contributed by atoms with van der Waals surface area (Å²) in [5.74, 6) is -3.47. The molecule has 4 aliphatic rings. The van der Waals surface area contributed by atoms with Crippen LogP contribution in [0, 0.1) is 11.6 Å². The molecule has 2 atom stereocenters. The maximum atomic E-state index is 17.2. The molecule has 2 saturated heterocycles. The second kappa shape index (κ2) is 11.1. The molecule has 9 rings (SSSR count). The van der Waals surface area contributed by atoms with Crippen LogP contribution in [0.4, 0.5) is 22.7 Å². The van der Waals surface area contributed by atoms with Crippen molar-refractivity contribution in [3.63, 3.8) is 0 Å². The molecule has 5 aromatic rings. The maximum Gasteiger partial charge on any atom is 0.319 e. The van der Waals surface area contributed by atoms with Crippen molar-refractivity contribution in [1.29, 1.82) is 0 Å². The molecule has 12 nitrogen and oxygen atoms in total. The zero-order valence-corrected chi connectivity index (χ0v) is 27.3. The number of nitrogens with two attached hydrogens (primary N) is 1. The van der Waals surface area contributed by atoms with Crippen molar-refractivity contribution in [2.45, 2.75) is 62.9 Å². The smallest absolute Gasteiger partial charge is 0.319 e. The minimum absolute atomic E-state index is 0.0125. The Morgan fingerprint density at radius 1 is 1.16 bits per heavy atom. The van der Waals surface area contributed by atoms with Crippen LogP contribution in [0.25, 0.3) is 38.2 Å². The molecule has 3 aliphatic heterocycles. The highest BCUT2D eigenvalue weighted by Crippen LogP contribution is 2.44. The number of nitrogens with zero attached hydrogens (tertiary/aromatic N) is 8. The van der Waals surface area contributed by atoms with E-state index in [9.17, 15) is 22.8 Å². The normalized spacial score (nSPS) is 21.8. The SMILES string of the molecule is C=C(F)C(=O)N1Cc2cn(-c3nc(OC[C@@]45CCCN4C[C@H](F)C5)nc4c(F)c(-c5ccc(F)c6sc(N)nc56)n(C5CC5)c(=O)c34)nc2C1. The number of pyridine rings is 1. The Labute approximate surface area is 284 Å². The highest BCUT2D eigenvalue weighted by molar-refractivity contribution is 7.22. The molecule has 0 bridgehead atoms. The monoisotopic (exact) mass is 707 g/mol. The number of hydrogen-bond acceptors (Lipinski definition) is 10. The van der Waals surface area contributed by atoms with Gasteiger partial charge >= 0.3 is 6.01 Å². The molecule has 7 heterocycles. The van der Waals surface area contributed by atoms with E-state index >= 15 is 4.39 Å². The van der Waals surface area contributed by atoms with Crippen LogP contribution in [-0.4, -0.2) is 76.4 Å². The van der Waals surface area contributed by atoms with E-state index in [4.69, 9.17) is 10.5 Å². The number of benzene rings is 1. The van der Waals surface area contributed by atoms with E-state index in [-0.39, 0.29) is 81.5 Å². The summed E-state index contributed by atoms with van der Waals surface area (Å²) in [5.41, 5.74) is 5.62. The van der Waals surface area contributed by atoms with Gasteiger partial charge in [0.05, 0.1) is 33.7 Å². The largest absolute Gasteiger partial charge is 0.461 e. The number of nitrogen functional groups attached to an aromatic ring is 1. The van der Waals surface area contributed by atoms with E-state index in [0.717, 1.165) is 24.3 Å². The molecule has 4 aromatic heterocycles. The molecule has 258 valence electrons. The Balaban J connectivity index is 1.24. The third kappa shape index (κ3) is 4.73. The van der Waals surface area contributed by atoms with Gasteiger partial charge in [0.25, 0.3) is 11.5 Å². The van der Waals surface area contributed by atoms with Gasteiger partial charge in [-0.1, -0.05) is 17.9 Å². The number of hydrogen-bond donors (Lipinski definition) is 1. The molecule has 2 N–H and O–H groups in total. The number of carbonyl (C=O) groups is 1. The van der Waals surface area contributed by atoms with Gasteiger partial charge in [-0.05, 0) is 44.4 Å². The van der Waals surface area contributed by atoms with Crippen molar-refractivity contribution >= 4 is 43.5 Å². The van der Waals surface area contributed by atoms with Crippen LogP contribution in [0.3, 0.4) is 0 Å². The summed E-state index contributed by atoms with van der Waals surface area (Å²) >= 11 is 0.917. The van der Waals surface area contributed by atoms with E-state index in [2.05, 4.69) is 31.5 Å². The number of aromatic nitrogens is 6. The number of thiazole rings is 1. The summed E-state index contributed by atoms with van der Waals surface area (Å²) in [6, 6.07) is 1.96. The minimum atomic E-state index is -1.10. The molecule has 0 unspecified atom stereocenters. The first kappa shape index (κ1) is 31.1. The van der Waals surface area contributed by atoms with Crippen molar-refractivity contribution in [3.8, 4) is 23.1 Å². The quantitative estimate of drug-likeness (QED) is 0.188. The predicted molar refractivity (Wildman–Crippen MR) is 175 cm³/mol. The topological polar surface area (TPSA) is 137 Å². The molecule has 3 fully saturated rings. The summed E-state index contributed by atoms with van der Waals surface area (Å²) in [7, 11) is 0. The third-order valence-corrected chi connectivity index (χ3v) is 11.1. The van der Waals surface area contributed by atoms with Gasteiger partial charge in [-0.3, -0.25) is 14.5 Å². The predicted octanol–water partition coefficient (Wildman–Crippen LogP) is 4.73. The summed E-state index contributed by atoms with van der Waals surface area (Å²) in [5, 5.41) is 4.48. The van der Waals surface area contributed by atoms with Gasteiger partial charge in [0.1, 0.15) is 29.5 Å². The molecule has 0 radical (unpaired) electrons. The standard InChI is InChI=1S/C33H29F4N9O3S/c1-15(34)29(47)43-10-16-11-45(42-21(16)13-43)28-22-25(40-32(41-28)49-14-33-7-2-8-44(33)12-17(35)9-33)23(37)26(46(30(22)48)18-3-4-18)19-5-6-20(36)27-24(19)39-31(38)50-27/h5-6,11,17-18H,1-4,7-10,12-14H2,(H2,38,39)/t17-,33+/m1/s1. The van der Waals surface area contributed by atoms with Crippen molar-refractivity contribution in [3.05, 3.63) is 64.0 Å². The molecule has 1 aliphatic carbocycles. The van der Waals surface area contributed by atoms with Gasteiger partial charge in [0, 0.05) is 42.9 Å². The average molecular weight is 708 g/mol. The van der Waals surface area contributed by atoms with E-state index in [1.165, 1.54) is 26.3 Å². The fraction of sp³-hybridized carbons (Fsp3) is 0.394. The Morgan fingerprint density at radius 3 is 2.74 bits per heavy atom. The number of carbonyl (C=O) groups excluding carboxylic acids is 1. The Bertz CT molecular complexity index is 2330. The summed E-state index contributed by atoms with van der Waals surface area (Å²) in [6.45, 7) is 4.18. The minimum Gasteiger partial charge on any atom is -0.461 e. The van der Waals surface area contributed by atoms with Gasteiger partial charge in [-0.2, -0.15) is 15.1 Å². The molecule has 50 heavy (non-hydrogen) atoms. The first-order valence-corrected chi connectivity index (χ1v) is 17.1. The van der Waals surface area contributed by atoms with Crippen LogP contribution >= 0.6 is 11.3 Å². The van der Waals surface area contributed by atoms with E-state index in [1.807, 2.05) is 0 Å². The van der Waals surface area contributed by atoms with Gasteiger partial charge in [-0.15, -0.1) is 0 Å². The van der Waals surface area contributed by atoms with Crippen LogP contribution in [0.15, 0.2) is 35.5 Å². The second-order valence-corrected chi connectivity index (χ2v) is 14.5. The van der Waals surface area contributed by atoms with E-state index in [1.54, 1.807) is 6.20 Å². The Morgan fingerprint density at radius 2 is 1.98 bits per heavy atom. The first-order chi connectivity index (χ1) is 24.0. The van der Waals surface area contributed by atoms with Gasteiger partial charge < -0.3 is 19.9 Å². The van der Waals surface area contributed by atoms with Crippen LogP contribution in [0.1, 0.15) is 49.4 Å². The van der Waals surface area contributed by atoms with Crippen molar-refractivity contribution in [1.82, 2.24) is 39.1 Å². The lowest BCUT2D eigenvalue weighted by Crippen LogP contribution is -2.43. The zero-order valence-electron chi connectivity index (χ0n) is 26.5. The molecule has 1 aromatic carbocycles. The van der Waals surface area contributed by atoms with Crippen molar-refractivity contribution in [2.75, 3.05) is 25.4 Å². The number of anilines is 1. The maximum absolute atomic E-state index is 17.2. The molecule has 1 saturated carbocycles.